The number of nitro groups is 1. The standard InChI is InChI=1S/C16H15N3O3/c1-17-15-9-14(19(21)22)8-7-13(15)11-18(16(17)20)10-12-5-3-2-4-6-12/h2-9H,10-11H2,1H3. The number of fused-ring (bicyclic) bond motifs is 1. The molecule has 0 N–H and O–H groups in total. The van der Waals surface area contributed by atoms with Gasteiger partial charge in [0.1, 0.15) is 0 Å². The van der Waals surface area contributed by atoms with E-state index in [4.69, 9.17) is 0 Å². The van der Waals surface area contributed by atoms with Crippen LogP contribution in [0.1, 0.15) is 11.1 Å². The lowest BCUT2D eigenvalue weighted by Gasteiger charge is -2.34. The number of hydrogen-bond acceptors (Lipinski definition) is 3. The van der Waals surface area contributed by atoms with E-state index in [-0.39, 0.29) is 11.7 Å². The number of benzene rings is 2. The number of nitrogens with zero attached hydrogens (tertiary/aromatic N) is 3. The SMILES string of the molecule is CN1C(=O)N(Cc2ccccc2)Cc2ccc([N+](=O)[O-])cc21. The van der Waals surface area contributed by atoms with E-state index < -0.39 is 4.92 Å². The van der Waals surface area contributed by atoms with Crippen LogP contribution in [0.2, 0.25) is 0 Å². The zero-order valence-corrected chi connectivity index (χ0v) is 12.1. The van der Waals surface area contributed by atoms with E-state index in [1.54, 1.807) is 18.0 Å². The first-order valence-corrected chi connectivity index (χ1v) is 6.90. The van der Waals surface area contributed by atoms with Gasteiger partial charge in [-0.3, -0.25) is 15.0 Å². The Balaban J connectivity index is 1.90. The maximum atomic E-state index is 12.5. The molecular formula is C16H15N3O3. The Morgan fingerprint density at radius 3 is 2.59 bits per heavy atom. The number of nitro benzene ring substituents is 1. The molecule has 1 heterocycles. The van der Waals surface area contributed by atoms with Crippen molar-refractivity contribution in [2.45, 2.75) is 13.1 Å². The van der Waals surface area contributed by atoms with Crippen LogP contribution in [0.5, 0.6) is 0 Å². The fourth-order valence-corrected chi connectivity index (χ4v) is 2.63. The summed E-state index contributed by atoms with van der Waals surface area (Å²) >= 11 is 0. The van der Waals surface area contributed by atoms with Gasteiger partial charge in [-0.05, 0) is 17.2 Å². The van der Waals surface area contributed by atoms with E-state index in [1.807, 2.05) is 30.3 Å². The van der Waals surface area contributed by atoms with Crippen molar-refractivity contribution in [1.29, 1.82) is 0 Å². The van der Waals surface area contributed by atoms with E-state index in [9.17, 15) is 14.9 Å². The summed E-state index contributed by atoms with van der Waals surface area (Å²) in [6.07, 6.45) is 0. The molecule has 2 aromatic rings. The average Bonchev–Trinajstić information content (AvgIpc) is 2.53. The van der Waals surface area contributed by atoms with Gasteiger partial charge >= 0.3 is 6.03 Å². The molecule has 0 fully saturated rings. The zero-order valence-electron chi connectivity index (χ0n) is 12.1. The summed E-state index contributed by atoms with van der Waals surface area (Å²) in [5, 5.41) is 10.9. The van der Waals surface area contributed by atoms with Crippen LogP contribution in [-0.4, -0.2) is 22.9 Å². The third-order valence-corrected chi connectivity index (χ3v) is 3.78. The van der Waals surface area contributed by atoms with E-state index in [1.165, 1.54) is 17.0 Å². The highest BCUT2D eigenvalue weighted by Gasteiger charge is 2.29. The number of anilines is 1. The minimum atomic E-state index is -0.449. The second kappa shape index (κ2) is 5.48. The molecule has 0 aromatic heterocycles. The van der Waals surface area contributed by atoms with Gasteiger partial charge in [-0.15, -0.1) is 0 Å². The maximum absolute atomic E-state index is 12.5. The van der Waals surface area contributed by atoms with Gasteiger partial charge in [0.2, 0.25) is 0 Å². The zero-order chi connectivity index (χ0) is 15.7. The Kier molecular flexibility index (Phi) is 3.50. The van der Waals surface area contributed by atoms with Gasteiger partial charge in [0.15, 0.2) is 0 Å². The van der Waals surface area contributed by atoms with Crippen LogP contribution in [0.15, 0.2) is 48.5 Å². The highest BCUT2D eigenvalue weighted by Crippen LogP contribution is 2.31. The number of urea groups is 1. The molecule has 0 spiro atoms. The lowest BCUT2D eigenvalue weighted by atomic mass is 10.1. The molecule has 6 heteroatoms. The van der Waals surface area contributed by atoms with E-state index in [0.29, 0.717) is 18.8 Å². The van der Waals surface area contributed by atoms with Crippen molar-refractivity contribution in [2.24, 2.45) is 0 Å². The van der Waals surface area contributed by atoms with Crippen LogP contribution in [0.3, 0.4) is 0 Å². The molecule has 2 amide bonds. The van der Waals surface area contributed by atoms with Crippen LogP contribution in [0.25, 0.3) is 0 Å². The minimum Gasteiger partial charge on any atom is -0.316 e. The van der Waals surface area contributed by atoms with Crippen molar-refractivity contribution >= 4 is 17.4 Å². The van der Waals surface area contributed by atoms with Gasteiger partial charge in [-0.25, -0.2) is 4.79 Å². The summed E-state index contributed by atoms with van der Waals surface area (Å²) in [4.78, 5) is 26.1. The third kappa shape index (κ3) is 2.50. The Hall–Kier alpha value is -2.89. The molecule has 1 aliphatic rings. The summed E-state index contributed by atoms with van der Waals surface area (Å²) in [5.74, 6) is 0. The van der Waals surface area contributed by atoms with Crippen LogP contribution in [-0.2, 0) is 13.1 Å². The third-order valence-electron chi connectivity index (χ3n) is 3.78. The molecule has 22 heavy (non-hydrogen) atoms. The monoisotopic (exact) mass is 297 g/mol. The van der Waals surface area contributed by atoms with Gasteiger partial charge in [-0.2, -0.15) is 0 Å². The molecule has 0 aliphatic carbocycles. The van der Waals surface area contributed by atoms with Gasteiger partial charge in [0.05, 0.1) is 10.6 Å². The van der Waals surface area contributed by atoms with Gasteiger partial charge in [0, 0.05) is 32.3 Å². The van der Waals surface area contributed by atoms with Crippen LogP contribution in [0.4, 0.5) is 16.2 Å². The molecule has 0 radical (unpaired) electrons. The van der Waals surface area contributed by atoms with Crippen LogP contribution in [0, 0.1) is 10.1 Å². The number of carbonyl (C=O) groups is 1. The fourth-order valence-electron chi connectivity index (χ4n) is 2.63. The summed E-state index contributed by atoms with van der Waals surface area (Å²) in [5.41, 5.74) is 2.55. The topological polar surface area (TPSA) is 66.7 Å². The maximum Gasteiger partial charge on any atom is 0.324 e. The van der Waals surface area contributed by atoms with Gasteiger partial charge in [-0.1, -0.05) is 30.3 Å². The molecule has 0 bridgehead atoms. The van der Waals surface area contributed by atoms with Crippen molar-refractivity contribution in [1.82, 2.24) is 4.90 Å². The van der Waals surface area contributed by atoms with Crippen molar-refractivity contribution in [2.75, 3.05) is 11.9 Å². The molecule has 1 aliphatic heterocycles. The Morgan fingerprint density at radius 1 is 1.18 bits per heavy atom. The normalized spacial score (nSPS) is 14.0. The first kappa shape index (κ1) is 14.1. The number of carbonyl (C=O) groups excluding carboxylic acids is 1. The van der Waals surface area contributed by atoms with Crippen LogP contribution >= 0.6 is 0 Å². The number of non-ortho nitro benzene ring substituents is 1. The average molecular weight is 297 g/mol. The second-order valence-corrected chi connectivity index (χ2v) is 5.25. The second-order valence-electron chi connectivity index (χ2n) is 5.25. The highest BCUT2D eigenvalue weighted by atomic mass is 16.6. The van der Waals surface area contributed by atoms with E-state index in [0.717, 1.165) is 11.1 Å². The molecule has 3 rings (SSSR count). The summed E-state index contributed by atoms with van der Waals surface area (Å²) < 4.78 is 0. The van der Waals surface area contributed by atoms with Crippen molar-refractivity contribution in [3.8, 4) is 0 Å². The Labute approximate surface area is 127 Å². The van der Waals surface area contributed by atoms with Crippen molar-refractivity contribution in [3.63, 3.8) is 0 Å². The molecular weight excluding hydrogens is 282 g/mol. The Morgan fingerprint density at radius 2 is 1.91 bits per heavy atom. The molecule has 0 saturated carbocycles. The number of rotatable bonds is 3. The summed E-state index contributed by atoms with van der Waals surface area (Å²) in [7, 11) is 1.64. The van der Waals surface area contributed by atoms with Crippen molar-refractivity contribution < 1.29 is 9.72 Å². The predicted molar refractivity (Wildman–Crippen MR) is 82.6 cm³/mol. The van der Waals surface area contributed by atoms with E-state index >= 15 is 0 Å². The first-order chi connectivity index (χ1) is 10.6. The summed E-state index contributed by atoms with van der Waals surface area (Å²) in [6.45, 7) is 0.964. The van der Waals surface area contributed by atoms with Gasteiger partial charge < -0.3 is 4.90 Å². The molecule has 0 atom stereocenters. The quantitative estimate of drug-likeness (QED) is 0.645. The minimum absolute atomic E-state index is 0.00471. The molecule has 0 saturated heterocycles. The molecule has 112 valence electrons. The summed E-state index contributed by atoms with van der Waals surface area (Å²) in [6, 6.07) is 14.2. The van der Waals surface area contributed by atoms with Gasteiger partial charge in [0.25, 0.3) is 5.69 Å². The molecule has 0 unspecified atom stereocenters. The molecule has 2 aromatic carbocycles. The van der Waals surface area contributed by atoms with Crippen LogP contribution < -0.4 is 4.90 Å². The van der Waals surface area contributed by atoms with E-state index in [2.05, 4.69) is 0 Å². The number of hydrogen-bond donors (Lipinski definition) is 0. The molecule has 6 nitrogen and oxygen atoms in total. The smallest absolute Gasteiger partial charge is 0.316 e. The number of amides is 2. The Bertz CT molecular complexity index is 731. The lowest BCUT2D eigenvalue weighted by Crippen LogP contribution is -2.44. The highest BCUT2D eigenvalue weighted by molar-refractivity contribution is 5.94. The first-order valence-electron chi connectivity index (χ1n) is 6.90. The lowest BCUT2D eigenvalue weighted by molar-refractivity contribution is -0.384. The van der Waals surface area contributed by atoms with Crippen molar-refractivity contribution in [3.05, 3.63) is 69.8 Å². The largest absolute Gasteiger partial charge is 0.324 e. The predicted octanol–water partition coefficient (Wildman–Crippen LogP) is 3.17. The fraction of sp³-hybridized carbons (Fsp3) is 0.188.